The Labute approximate surface area is 205 Å². The topological polar surface area (TPSA) is 90.5 Å². The van der Waals surface area contributed by atoms with Gasteiger partial charge in [-0.25, -0.2) is 4.79 Å². The molecule has 0 bridgehead atoms. The quantitative estimate of drug-likeness (QED) is 0.295. The molecular formula is C25H33N3O3S2. The SMILES string of the molecule is CSCC[C@H](NC(=O)c1cc(NC[C@H]2NCC[C@@H]2S)ccc1CCc1ccccc1)C(=O)O. The van der Waals surface area contributed by atoms with Crippen LogP contribution < -0.4 is 16.0 Å². The van der Waals surface area contributed by atoms with E-state index in [1.807, 2.05) is 42.7 Å². The zero-order chi connectivity index (χ0) is 23.6. The maximum absolute atomic E-state index is 13.2. The molecule has 8 heteroatoms. The lowest BCUT2D eigenvalue weighted by Crippen LogP contribution is -2.41. The van der Waals surface area contributed by atoms with E-state index < -0.39 is 12.0 Å². The van der Waals surface area contributed by atoms with Crippen LogP contribution in [0.25, 0.3) is 0 Å². The molecule has 2 aromatic rings. The summed E-state index contributed by atoms with van der Waals surface area (Å²) in [5, 5.41) is 19.4. The fraction of sp³-hybridized carbons (Fsp3) is 0.440. The zero-order valence-corrected chi connectivity index (χ0v) is 20.6. The molecule has 1 heterocycles. The van der Waals surface area contributed by atoms with Crippen molar-refractivity contribution >= 4 is 42.0 Å². The molecule has 0 saturated carbocycles. The Morgan fingerprint density at radius 2 is 2.00 bits per heavy atom. The van der Waals surface area contributed by atoms with Gasteiger partial charge in [0.05, 0.1) is 0 Å². The molecule has 1 aliphatic heterocycles. The second kappa shape index (κ2) is 12.9. The van der Waals surface area contributed by atoms with Gasteiger partial charge in [0, 0.05) is 29.1 Å². The first-order valence-electron chi connectivity index (χ1n) is 11.3. The van der Waals surface area contributed by atoms with Crippen molar-refractivity contribution in [3.63, 3.8) is 0 Å². The van der Waals surface area contributed by atoms with E-state index in [2.05, 4.69) is 40.7 Å². The van der Waals surface area contributed by atoms with Gasteiger partial charge >= 0.3 is 5.97 Å². The predicted molar refractivity (Wildman–Crippen MR) is 140 cm³/mol. The summed E-state index contributed by atoms with van der Waals surface area (Å²) in [6.07, 6.45) is 4.84. The third-order valence-electron chi connectivity index (χ3n) is 5.93. The molecule has 0 unspecified atom stereocenters. The van der Waals surface area contributed by atoms with Crippen LogP contribution in [0.15, 0.2) is 48.5 Å². The van der Waals surface area contributed by atoms with E-state index in [4.69, 9.17) is 0 Å². The van der Waals surface area contributed by atoms with Gasteiger partial charge in [-0.15, -0.1) is 0 Å². The lowest BCUT2D eigenvalue weighted by molar-refractivity contribution is -0.139. The highest BCUT2D eigenvalue weighted by molar-refractivity contribution is 7.98. The summed E-state index contributed by atoms with van der Waals surface area (Å²) in [5.41, 5.74) is 3.46. The first kappa shape index (κ1) is 25.5. The molecular weight excluding hydrogens is 454 g/mol. The Kier molecular flexibility index (Phi) is 9.96. The van der Waals surface area contributed by atoms with Gasteiger partial charge in [-0.05, 0) is 67.5 Å². The van der Waals surface area contributed by atoms with E-state index in [1.165, 1.54) is 5.56 Å². The van der Waals surface area contributed by atoms with Crippen LogP contribution >= 0.6 is 24.4 Å². The minimum atomic E-state index is -1.01. The molecule has 3 rings (SSSR count). The molecule has 0 radical (unpaired) electrons. The number of anilines is 1. The Balaban J connectivity index is 1.77. The van der Waals surface area contributed by atoms with E-state index in [-0.39, 0.29) is 11.9 Å². The normalized spacial score (nSPS) is 18.6. The van der Waals surface area contributed by atoms with E-state index in [0.29, 0.717) is 36.0 Å². The number of hydrogen-bond donors (Lipinski definition) is 5. The Morgan fingerprint density at radius 1 is 1.21 bits per heavy atom. The van der Waals surface area contributed by atoms with Crippen LogP contribution in [0, 0.1) is 0 Å². The van der Waals surface area contributed by atoms with Crippen molar-refractivity contribution < 1.29 is 14.7 Å². The molecule has 1 amide bonds. The van der Waals surface area contributed by atoms with E-state index in [9.17, 15) is 14.7 Å². The summed E-state index contributed by atoms with van der Waals surface area (Å²) in [4.78, 5) is 24.9. The minimum absolute atomic E-state index is 0.270. The van der Waals surface area contributed by atoms with Crippen LogP contribution in [0.3, 0.4) is 0 Å². The highest BCUT2D eigenvalue weighted by Gasteiger charge is 2.24. The number of nitrogens with one attached hydrogen (secondary N) is 3. The van der Waals surface area contributed by atoms with Crippen molar-refractivity contribution in [1.82, 2.24) is 10.6 Å². The molecule has 1 saturated heterocycles. The van der Waals surface area contributed by atoms with Crippen molar-refractivity contribution in [2.45, 2.75) is 43.0 Å². The minimum Gasteiger partial charge on any atom is -0.480 e. The van der Waals surface area contributed by atoms with Gasteiger partial charge in [0.2, 0.25) is 0 Å². The third kappa shape index (κ3) is 7.69. The molecule has 33 heavy (non-hydrogen) atoms. The van der Waals surface area contributed by atoms with Gasteiger partial charge in [0.25, 0.3) is 5.91 Å². The Bertz CT molecular complexity index is 926. The molecule has 2 aromatic carbocycles. The number of rotatable bonds is 12. The second-order valence-electron chi connectivity index (χ2n) is 8.30. The number of thioether (sulfide) groups is 1. The summed E-state index contributed by atoms with van der Waals surface area (Å²) < 4.78 is 0. The highest BCUT2D eigenvalue weighted by atomic mass is 32.2. The monoisotopic (exact) mass is 487 g/mol. The summed E-state index contributed by atoms with van der Waals surface area (Å²) >= 11 is 6.19. The lowest BCUT2D eigenvalue weighted by Gasteiger charge is -2.19. The predicted octanol–water partition coefficient (Wildman–Crippen LogP) is 3.48. The maximum atomic E-state index is 13.2. The maximum Gasteiger partial charge on any atom is 0.326 e. The number of carbonyl (C=O) groups is 2. The molecule has 6 nitrogen and oxygen atoms in total. The van der Waals surface area contributed by atoms with Crippen LogP contribution in [-0.2, 0) is 17.6 Å². The third-order valence-corrected chi connectivity index (χ3v) is 7.19. The Hall–Kier alpha value is -2.16. The molecule has 0 spiro atoms. The molecule has 4 N–H and O–H groups in total. The first-order chi connectivity index (χ1) is 16.0. The fourth-order valence-corrected chi connectivity index (χ4v) is 4.77. The number of thiol groups is 1. The lowest BCUT2D eigenvalue weighted by atomic mass is 9.98. The molecule has 0 aliphatic carbocycles. The van der Waals surface area contributed by atoms with Crippen LogP contribution in [0.1, 0.15) is 34.3 Å². The van der Waals surface area contributed by atoms with Crippen molar-refractivity contribution in [2.24, 2.45) is 0 Å². The molecule has 3 atom stereocenters. The molecule has 178 valence electrons. The van der Waals surface area contributed by atoms with Gasteiger partial charge in [-0.3, -0.25) is 4.79 Å². The molecule has 1 fully saturated rings. The van der Waals surface area contributed by atoms with Crippen LogP contribution in [0.2, 0.25) is 0 Å². The largest absolute Gasteiger partial charge is 0.480 e. The molecule has 0 aromatic heterocycles. The number of aliphatic carboxylic acids is 1. The average Bonchev–Trinajstić information content (AvgIpc) is 3.24. The summed E-state index contributed by atoms with van der Waals surface area (Å²) in [6, 6.07) is 15.3. The second-order valence-corrected chi connectivity index (χ2v) is 9.95. The average molecular weight is 488 g/mol. The number of aryl methyl sites for hydroxylation is 2. The van der Waals surface area contributed by atoms with Gasteiger partial charge in [0.1, 0.15) is 6.04 Å². The van der Waals surface area contributed by atoms with Crippen LogP contribution in [-0.4, -0.2) is 59.4 Å². The van der Waals surface area contributed by atoms with E-state index in [0.717, 1.165) is 30.6 Å². The zero-order valence-electron chi connectivity index (χ0n) is 18.9. The number of carboxylic acid groups (broad SMARTS) is 1. The van der Waals surface area contributed by atoms with Gasteiger partial charge in [0.15, 0.2) is 0 Å². The van der Waals surface area contributed by atoms with Gasteiger partial charge < -0.3 is 21.1 Å². The van der Waals surface area contributed by atoms with Gasteiger partial charge in [-0.2, -0.15) is 24.4 Å². The number of amides is 1. The summed E-state index contributed by atoms with van der Waals surface area (Å²) in [6.45, 7) is 1.67. The first-order valence-corrected chi connectivity index (χ1v) is 13.2. The van der Waals surface area contributed by atoms with Crippen molar-refractivity contribution in [1.29, 1.82) is 0 Å². The van der Waals surface area contributed by atoms with Crippen LogP contribution in [0.5, 0.6) is 0 Å². The van der Waals surface area contributed by atoms with Gasteiger partial charge in [-0.1, -0.05) is 36.4 Å². The van der Waals surface area contributed by atoms with Crippen molar-refractivity contribution in [3.8, 4) is 0 Å². The fourth-order valence-electron chi connectivity index (χ4n) is 3.96. The van der Waals surface area contributed by atoms with Crippen LogP contribution in [0.4, 0.5) is 5.69 Å². The van der Waals surface area contributed by atoms with Crippen molar-refractivity contribution in [2.75, 3.05) is 30.4 Å². The highest BCUT2D eigenvalue weighted by Crippen LogP contribution is 2.20. The van der Waals surface area contributed by atoms with E-state index in [1.54, 1.807) is 11.8 Å². The number of carboxylic acids is 1. The molecule has 1 aliphatic rings. The van der Waals surface area contributed by atoms with Crippen molar-refractivity contribution in [3.05, 3.63) is 65.2 Å². The smallest absolute Gasteiger partial charge is 0.326 e. The number of carbonyl (C=O) groups excluding carboxylic acids is 1. The summed E-state index contributed by atoms with van der Waals surface area (Å²) in [7, 11) is 0. The Morgan fingerprint density at radius 3 is 2.67 bits per heavy atom. The number of benzene rings is 2. The van der Waals surface area contributed by atoms with E-state index >= 15 is 0 Å². The summed E-state index contributed by atoms with van der Waals surface area (Å²) in [5.74, 6) is -0.690. The number of hydrogen-bond acceptors (Lipinski definition) is 6. The standard InChI is InChI=1S/C25H33N3O3S2/c1-33-14-12-21(25(30)31)28-24(29)20-15-19(27-16-22-23(32)11-13-26-22)10-9-18(20)8-7-17-5-3-2-4-6-17/h2-6,9-10,15,21-23,26-27,32H,7-8,11-14,16H2,1H3,(H,28,29)(H,30,31)/t21-,22+,23-/m0/s1.